The van der Waals surface area contributed by atoms with Crippen LogP contribution in [0.1, 0.15) is 36.8 Å². The van der Waals surface area contributed by atoms with E-state index in [-0.39, 0.29) is 46.5 Å². The highest BCUT2D eigenvalue weighted by atomic mass is 35.5. The highest BCUT2D eigenvalue weighted by molar-refractivity contribution is 6.31. The molecule has 0 atom stereocenters. The number of alkyl halides is 3. The summed E-state index contributed by atoms with van der Waals surface area (Å²) in [6, 6.07) is 13.1. The second-order valence-corrected chi connectivity index (χ2v) is 10.2. The molecule has 2 aromatic heterocycles. The number of likely N-dealkylation sites (tertiary alicyclic amines) is 1. The maximum atomic E-state index is 13.3. The third kappa shape index (κ3) is 7.52. The largest absolute Gasteiger partial charge is 0.417 e. The molecular weight excluding hydrogens is 604 g/mol. The first-order chi connectivity index (χ1) is 18.6. The maximum absolute atomic E-state index is 13.3. The minimum absolute atomic E-state index is 0. The Morgan fingerprint density at radius 2 is 1.73 bits per heavy atom. The van der Waals surface area contributed by atoms with Crippen LogP contribution in [0.25, 0.3) is 11.2 Å². The van der Waals surface area contributed by atoms with Gasteiger partial charge in [-0.1, -0.05) is 35.9 Å². The summed E-state index contributed by atoms with van der Waals surface area (Å²) in [5.74, 6) is 0.337. The van der Waals surface area contributed by atoms with Gasteiger partial charge in [0.25, 0.3) is 5.56 Å². The zero-order chi connectivity index (χ0) is 27.6. The maximum Gasteiger partial charge on any atom is 0.417 e. The molecule has 1 aliphatic heterocycles. The molecule has 0 saturated carbocycles. The molecule has 3 heterocycles. The normalized spacial score (nSPS) is 15.2. The number of aromatic amines is 1. The Morgan fingerprint density at radius 3 is 2.41 bits per heavy atom. The minimum atomic E-state index is -4.58. The van der Waals surface area contributed by atoms with Gasteiger partial charge < -0.3 is 19.9 Å². The van der Waals surface area contributed by atoms with Crippen LogP contribution in [0, 0.1) is 0 Å². The van der Waals surface area contributed by atoms with Crippen LogP contribution in [-0.2, 0) is 18.3 Å². The number of halogens is 6. The molecule has 0 amide bonds. The van der Waals surface area contributed by atoms with Crippen LogP contribution in [-0.4, -0.2) is 49.2 Å². The number of H-pyrrole nitrogens is 1. The smallest absolute Gasteiger partial charge is 0.385 e. The lowest BCUT2D eigenvalue weighted by molar-refractivity contribution is -0.137. The van der Waals surface area contributed by atoms with Gasteiger partial charge in [0, 0.05) is 25.3 Å². The fraction of sp³-hybridized carbons (Fsp3) is 0.370. The van der Waals surface area contributed by atoms with Crippen LogP contribution in [0.2, 0.25) is 5.02 Å². The SMILES string of the molecule is Cl.Cl.O=c1[nH]c(Nc2ccccc2)nc2c1ncn2CCCCN1CCC(O)(c2ccc(Cl)c(C(F)(F)F)c2)CC1. The van der Waals surface area contributed by atoms with Crippen molar-refractivity contribution in [3.8, 4) is 0 Å². The Kier molecular flexibility index (Phi) is 10.7. The molecule has 4 aromatic rings. The molecule has 8 nitrogen and oxygen atoms in total. The number of nitrogens with one attached hydrogen (secondary N) is 2. The van der Waals surface area contributed by atoms with Crippen LogP contribution in [0.3, 0.4) is 0 Å². The topological polar surface area (TPSA) is 99.1 Å². The summed E-state index contributed by atoms with van der Waals surface area (Å²) in [7, 11) is 0. The Balaban J connectivity index is 0.00000231. The summed E-state index contributed by atoms with van der Waals surface area (Å²) >= 11 is 5.74. The van der Waals surface area contributed by atoms with E-state index < -0.39 is 17.3 Å². The van der Waals surface area contributed by atoms with Crippen LogP contribution in [0.15, 0.2) is 59.7 Å². The van der Waals surface area contributed by atoms with Crippen LogP contribution in [0.5, 0.6) is 0 Å². The number of aryl methyl sites for hydroxylation is 1. The van der Waals surface area contributed by atoms with Gasteiger partial charge in [-0.15, -0.1) is 24.8 Å². The molecule has 222 valence electrons. The second kappa shape index (κ2) is 13.4. The molecule has 0 unspecified atom stereocenters. The Labute approximate surface area is 251 Å². The van der Waals surface area contributed by atoms with E-state index in [4.69, 9.17) is 11.6 Å². The fourth-order valence-electron chi connectivity index (χ4n) is 4.92. The van der Waals surface area contributed by atoms with Gasteiger partial charge in [-0.25, -0.2) is 4.98 Å². The van der Waals surface area contributed by atoms with Gasteiger partial charge in [0.15, 0.2) is 11.2 Å². The van der Waals surface area contributed by atoms with Gasteiger partial charge in [-0.3, -0.25) is 9.78 Å². The zero-order valence-electron chi connectivity index (χ0n) is 21.8. The summed E-state index contributed by atoms with van der Waals surface area (Å²) in [6.45, 7) is 2.55. The molecule has 0 spiro atoms. The van der Waals surface area contributed by atoms with Crippen molar-refractivity contribution in [2.45, 2.75) is 44.0 Å². The highest BCUT2D eigenvalue weighted by Crippen LogP contribution is 2.40. The van der Waals surface area contributed by atoms with Gasteiger partial charge in [0.2, 0.25) is 5.95 Å². The van der Waals surface area contributed by atoms with Crippen LogP contribution < -0.4 is 10.9 Å². The number of nitrogens with zero attached hydrogens (tertiary/aromatic N) is 4. The first kappa shape index (κ1) is 32.7. The van der Waals surface area contributed by atoms with Crippen molar-refractivity contribution in [2.24, 2.45) is 0 Å². The minimum Gasteiger partial charge on any atom is -0.385 e. The van der Waals surface area contributed by atoms with Crippen molar-refractivity contribution in [2.75, 3.05) is 25.0 Å². The standard InChI is InChI=1S/C27H28ClF3N6O2.2ClH/c28-21-9-8-18(16-20(21)27(29,30)31)26(39)10-14-36(15-11-26)12-4-5-13-37-17-32-22-23(37)34-25(35-24(22)38)33-19-6-2-1-3-7-19;;/h1-3,6-9,16-17,39H,4-5,10-15H2,(H2,33,34,35,38);2*1H. The predicted octanol–water partition coefficient (Wildman–Crippen LogP) is 6.14. The zero-order valence-corrected chi connectivity index (χ0v) is 24.2. The van der Waals surface area contributed by atoms with Crippen molar-refractivity contribution in [1.29, 1.82) is 0 Å². The lowest BCUT2D eigenvalue weighted by Crippen LogP contribution is -2.43. The molecule has 1 aliphatic rings. The van der Waals surface area contributed by atoms with E-state index in [0.717, 1.165) is 31.1 Å². The van der Waals surface area contributed by atoms with Gasteiger partial charge in [0.05, 0.1) is 22.5 Å². The number of piperidine rings is 1. The fourth-order valence-corrected chi connectivity index (χ4v) is 5.14. The van der Waals surface area contributed by atoms with E-state index in [2.05, 4.69) is 25.2 Å². The van der Waals surface area contributed by atoms with Gasteiger partial charge >= 0.3 is 6.18 Å². The number of hydrogen-bond acceptors (Lipinski definition) is 6. The first-order valence-electron chi connectivity index (χ1n) is 12.7. The summed E-state index contributed by atoms with van der Waals surface area (Å²) in [6.07, 6.45) is -0.622. The van der Waals surface area contributed by atoms with Crippen molar-refractivity contribution < 1.29 is 18.3 Å². The molecule has 2 aromatic carbocycles. The molecule has 5 rings (SSSR count). The molecule has 0 bridgehead atoms. The quantitative estimate of drug-likeness (QED) is 0.202. The number of para-hydroxylation sites is 1. The van der Waals surface area contributed by atoms with E-state index in [9.17, 15) is 23.1 Å². The lowest BCUT2D eigenvalue weighted by atomic mass is 9.83. The number of anilines is 2. The Hall–Kier alpha value is -2.83. The number of imidazole rings is 1. The van der Waals surface area contributed by atoms with Crippen molar-refractivity contribution in [3.63, 3.8) is 0 Å². The van der Waals surface area contributed by atoms with E-state index in [1.54, 1.807) is 6.33 Å². The summed E-state index contributed by atoms with van der Waals surface area (Å²) in [4.78, 5) is 26.2. The molecule has 14 heteroatoms. The van der Waals surface area contributed by atoms with E-state index in [1.165, 1.54) is 12.1 Å². The van der Waals surface area contributed by atoms with Gasteiger partial charge in [-0.05, 0) is 62.1 Å². The second-order valence-electron chi connectivity index (χ2n) is 9.79. The summed E-state index contributed by atoms with van der Waals surface area (Å²) in [5.41, 5.74) is -0.738. The van der Waals surface area contributed by atoms with Gasteiger partial charge in [-0.2, -0.15) is 18.2 Å². The number of aromatic nitrogens is 4. The molecule has 0 radical (unpaired) electrons. The number of aliphatic hydroxyl groups is 1. The number of fused-ring (bicyclic) bond motifs is 1. The third-order valence-corrected chi connectivity index (χ3v) is 7.46. The molecule has 3 N–H and O–H groups in total. The average Bonchev–Trinajstić information content (AvgIpc) is 3.31. The molecule has 1 fully saturated rings. The van der Waals surface area contributed by atoms with Crippen molar-refractivity contribution >= 4 is 59.2 Å². The summed E-state index contributed by atoms with van der Waals surface area (Å²) in [5, 5.41) is 13.8. The number of hydrogen-bond donors (Lipinski definition) is 3. The lowest BCUT2D eigenvalue weighted by Gasteiger charge is -2.39. The molecule has 0 aliphatic carbocycles. The molecular formula is C27H30Cl3F3N6O2. The van der Waals surface area contributed by atoms with Crippen LogP contribution in [0.4, 0.5) is 24.8 Å². The predicted molar refractivity (Wildman–Crippen MR) is 158 cm³/mol. The number of rotatable bonds is 8. The average molecular weight is 634 g/mol. The number of benzene rings is 2. The molecule has 41 heavy (non-hydrogen) atoms. The first-order valence-corrected chi connectivity index (χ1v) is 13.1. The van der Waals surface area contributed by atoms with Crippen LogP contribution >= 0.6 is 36.4 Å². The number of unbranched alkanes of at least 4 members (excludes halogenated alkanes) is 1. The van der Waals surface area contributed by atoms with Gasteiger partial charge in [0.1, 0.15) is 0 Å². The Bertz CT molecular complexity index is 1510. The molecule has 1 saturated heterocycles. The van der Waals surface area contributed by atoms with Crippen molar-refractivity contribution in [3.05, 3.63) is 81.4 Å². The Morgan fingerprint density at radius 1 is 1.05 bits per heavy atom. The third-order valence-electron chi connectivity index (χ3n) is 7.13. The van der Waals surface area contributed by atoms with Crippen molar-refractivity contribution in [1.82, 2.24) is 24.4 Å². The highest BCUT2D eigenvalue weighted by Gasteiger charge is 2.38. The monoisotopic (exact) mass is 632 g/mol. The van der Waals surface area contributed by atoms with E-state index >= 15 is 0 Å². The van der Waals surface area contributed by atoms with E-state index in [0.29, 0.717) is 44.1 Å². The summed E-state index contributed by atoms with van der Waals surface area (Å²) < 4.78 is 41.7. The van der Waals surface area contributed by atoms with E-state index in [1.807, 2.05) is 34.9 Å².